The van der Waals surface area contributed by atoms with Gasteiger partial charge in [0, 0.05) is 24.7 Å². The van der Waals surface area contributed by atoms with Gasteiger partial charge in [-0.15, -0.1) is 0 Å². The molecule has 5 rings (SSSR count). The molecule has 2 aliphatic rings. The van der Waals surface area contributed by atoms with Crippen molar-refractivity contribution in [3.8, 4) is 0 Å². The third-order valence-electron chi connectivity index (χ3n) is 7.64. The number of hydrogen-bond acceptors (Lipinski definition) is 3. The van der Waals surface area contributed by atoms with Crippen molar-refractivity contribution in [1.29, 1.82) is 0 Å². The van der Waals surface area contributed by atoms with Crippen LogP contribution in [0.1, 0.15) is 73.7 Å². The summed E-state index contributed by atoms with van der Waals surface area (Å²) in [6.07, 6.45) is 8.78. The van der Waals surface area contributed by atoms with Crippen molar-refractivity contribution < 1.29 is 14.0 Å². The Balaban J connectivity index is 1.46. The quantitative estimate of drug-likeness (QED) is 0.566. The highest BCUT2D eigenvalue weighted by atomic mass is 16.3. The molecule has 0 unspecified atom stereocenters. The highest BCUT2D eigenvalue weighted by Gasteiger charge is 2.48. The molecule has 6 heteroatoms. The van der Waals surface area contributed by atoms with Crippen molar-refractivity contribution in [3.05, 3.63) is 59.5 Å². The van der Waals surface area contributed by atoms with Crippen molar-refractivity contribution in [3.63, 3.8) is 0 Å². The summed E-state index contributed by atoms with van der Waals surface area (Å²) in [5.74, 6) is 0.647. The van der Waals surface area contributed by atoms with Gasteiger partial charge in [-0.2, -0.15) is 0 Å². The Hall–Kier alpha value is -3.02. The van der Waals surface area contributed by atoms with E-state index in [0.717, 1.165) is 42.5 Å². The molecule has 0 spiro atoms. The van der Waals surface area contributed by atoms with Crippen LogP contribution >= 0.6 is 0 Å². The minimum Gasteiger partial charge on any atom is -0.460 e. The Morgan fingerprint density at radius 3 is 2.53 bits per heavy atom. The van der Waals surface area contributed by atoms with Gasteiger partial charge in [0.25, 0.3) is 5.91 Å². The summed E-state index contributed by atoms with van der Waals surface area (Å²) in [6, 6.07) is 14.1. The SMILES string of the molecule is Cc1cc2c(cc3n2C[C@](C)(C(=O)NC2CCCCCCC2)N(CCc2ccccc2)C3=O)o1. The molecule has 0 saturated heterocycles. The van der Waals surface area contributed by atoms with Gasteiger partial charge in [0.1, 0.15) is 17.0 Å². The fourth-order valence-corrected chi connectivity index (χ4v) is 5.64. The van der Waals surface area contributed by atoms with Crippen LogP contribution in [0.15, 0.2) is 46.9 Å². The molecule has 1 saturated carbocycles. The van der Waals surface area contributed by atoms with E-state index in [9.17, 15) is 9.59 Å². The molecule has 1 aromatic carbocycles. The topological polar surface area (TPSA) is 67.5 Å². The molecule has 0 bridgehead atoms. The van der Waals surface area contributed by atoms with E-state index in [1.165, 1.54) is 19.3 Å². The smallest absolute Gasteiger partial charge is 0.271 e. The van der Waals surface area contributed by atoms with Crippen molar-refractivity contribution in [2.24, 2.45) is 0 Å². The number of fused-ring (bicyclic) bond motifs is 3. The number of benzene rings is 1. The van der Waals surface area contributed by atoms with Crippen LogP contribution in [0.2, 0.25) is 0 Å². The largest absolute Gasteiger partial charge is 0.460 e. The Morgan fingerprint density at radius 2 is 1.79 bits per heavy atom. The highest BCUT2D eigenvalue weighted by Crippen LogP contribution is 2.34. The molecule has 1 N–H and O–H groups in total. The molecular formula is C28H35N3O3. The first-order valence-corrected chi connectivity index (χ1v) is 12.7. The summed E-state index contributed by atoms with van der Waals surface area (Å²) in [4.78, 5) is 29.5. The van der Waals surface area contributed by atoms with Crippen LogP contribution in [0.3, 0.4) is 0 Å². The van der Waals surface area contributed by atoms with Crippen molar-refractivity contribution >= 4 is 22.9 Å². The number of aryl methyl sites for hydroxylation is 1. The zero-order chi connectivity index (χ0) is 23.7. The number of carbonyl (C=O) groups excluding carboxylic acids is 2. The lowest BCUT2D eigenvalue weighted by atomic mass is 9.91. The van der Waals surface area contributed by atoms with Crippen LogP contribution in [0.5, 0.6) is 0 Å². The second kappa shape index (κ2) is 9.32. The maximum Gasteiger partial charge on any atom is 0.271 e. The molecular weight excluding hydrogens is 426 g/mol. The van der Waals surface area contributed by atoms with Crippen LogP contribution in [-0.2, 0) is 17.8 Å². The van der Waals surface area contributed by atoms with E-state index < -0.39 is 5.54 Å². The zero-order valence-electron chi connectivity index (χ0n) is 20.3. The number of aromatic nitrogens is 1. The van der Waals surface area contributed by atoms with Crippen LogP contribution in [0.4, 0.5) is 0 Å². The van der Waals surface area contributed by atoms with E-state index in [1.807, 2.05) is 48.7 Å². The third-order valence-corrected chi connectivity index (χ3v) is 7.64. The van der Waals surface area contributed by atoms with Gasteiger partial charge in [0.15, 0.2) is 5.58 Å². The normalized spacial score (nSPS) is 21.8. The van der Waals surface area contributed by atoms with E-state index in [1.54, 1.807) is 4.90 Å². The number of furan rings is 1. The molecule has 1 aliphatic carbocycles. The molecule has 2 aromatic heterocycles. The minimum absolute atomic E-state index is 0.0489. The van der Waals surface area contributed by atoms with Gasteiger partial charge in [0.2, 0.25) is 5.91 Å². The second-order valence-corrected chi connectivity index (χ2v) is 10.2. The molecule has 1 atom stereocenters. The molecule has 2 amide bonds. The molecule has 1 fully saturated rings. The molecule has 34 heavy (non-hydrogen) atoms. The first kappa shape index (κ1) is 22.8. The first-order valence-electron chi connectivity index (χ1n) is 12.7. The zero-order valence-corrected chi connectivity index (χ0v) is 20.3. The Labute approximate surface area is 201 Å². The molecule has 1 aliphatic heterocycles. The summed E-state index contributed by atoms with van der Waals surface area (Å²) < 4.78 is 7.79. The standard InChI is InChI=1S/C28H35N3O3/c1-20-17-23-25(34-20)18-24-26(32)31(16-15-21-11-7-6-8-12-21)28(2,19-30(23)24)27(33)29-22-13-9-4-3-5-10-14-22/h6-8,11-12,17-18,22H,3-5,9-10,13-16,19H2,1-2H3,(H,29,33)/t28-/m1/s1. The number of carbonyl (C=O) groups is 2. The number of hydrogen-bond donors (Lipinski definition) is 1. The number of nitrogens with one attached hydrogen (secondary N) is 1. The van der Waals surface area contributed by atoms with Crippen molar-refractivity contribution in [2.75, 3.05) is 6.54 Å². The third kappa shape index (κ3) is 4.26. The predicted molar refractivity (Wildman–Crippen MR) is 133 cm³/mol. The minimum atomic E-state index is -0.974. The van der Waals surface area contributed by atoms with Crippen LogP contribution < -0.4 is 5.32 Å². The van der Waals surface area contributed by atoms with E-state index >= 15 is 0 Å². The highest BCUT2D eigenvalue weighted by molar-refractivity contribution is 6.03. The summed E-state index contributed by atoms with van der Waals surface area (Å²) in [7, 11) is 0. The maximum atomic E-state index is 13.9. The first-order chi connectivity index (χ1) is 16.5. The Morgan fingerprint density at radius 1 is 1.09 bits per heavy atom. The Bertz CT molecular complexity index is 1170. The predicted octanol–water partition coefficient (Wildman–Crippen LogP) is 5.23. The fourth-order valence-electron chi connectivity index (χ4n) is 5.64. The Kier molecular flexibility index (Phi) is 6.24. The second-order valence-electron chi connectivity index (χ2n) is 10.2. The number of nitrogens with zero attached hydrogens (tertiary/aromatic N) is 2. The summed E-state index contributed by atoms with van der Waals surface area (Å²) in [5.41, 5.74) is 2.36. The van der Waals surface area contributed by atoms with E-state index in [0.29, 0.717) is 30.8 Å². The number of rotatable bonds is 5. The van der Waals surface area contributed by atoms with Gasteiger partial charge in [-0.1, -0.05) is 62.4 Å². The van der Waals surface area contributed by atoms with Gasteiger partial charge in [-0.3, -0.25) is 9.59 Å². The number of amides is 2. The van der Waals surface area contributed by atoms with Crippen LogP contribution in [-0.4, -0.2) is 39.4 Å². The van der Waals surface area contributed by atoms with Crippen molar-refractivity contribution in [2.45, 2.75) is 83.3 Å². The lowest BCUT2D eigenvalue weighted by molar-refractivity contribution is -0.133. The summed E-state index contributed by atoms with van der Waals surface area (Å²) in [6.45, 7) is 4.74. The van der Waals surface area contributed by atoms with Gasteiger partial charge in [-0.05, 0) is 38.7 Å². The van der Waals surface area contributed by atoms with Gasteiger partial charge >= 0.3 is 0 Å². The molecule has 180 valence electrons. The monoisotopic (exact) mass is 461 g/mol. The molecule has 3 aromatic rings. The lowest BCUT2D eigenvalue weighted by Gasteiger charge is -2.44. The van der Waals surface area contributed by atoms with E-state index in [-0.39, 0.29) is 17.9 Å². The summed E-state index contributed by atoms with van der Waals surface area (Å²) >= 11 is 0. The molecule has 6 nitrogen and oxygen atoms in total. The lowest BCUT2D eigenvalue weighted by Crippen LogP contribution is -2.65. The van der Waals surface area contributed by atoms with Gasteiger partial charge in [-0.25, -0.2) is 0 Å². The average molecular weight is 462 g/mol. The summed E-state index contributed by atoms with van der Waals surface area (Å²) in [5, 5.41) is 3.35. The van der Waals surface area contributed by atoms with E-state index in [2.05, 4.69) is 17.4 Å². The van der Waals surface area contributed by atoms with Crippen LogP contribution in [0.25, 0.3) is 11.1 Å². The van der Waals surface area contributed by atoms with Crippen molar-refractivity contribution in [1.82, 2.24) is 14.8 Å². The average Bonchev–Trinajstić information content (AvgIpc) is 3.32. The fraction of sp³-hybridized carbons (Fsp3) is 0.500. The van der Waals surface area contributed by atoms with Crippen LogP contribution in [0, 0.1) is 6.92 Å². The van der Waals surface area contributed by atoms with Gasteiger partial charge < -0.3 is 19.2 Å². The maximum absolute atomic E-state index is 13.9. The molecule has 0 radical (unpaired) electrons. The van der Waals surface area contributed by atoms with E-state index in [4.69, 9.17) is 4.42 Å². The van der Waals surface area contributed by atoms with Gasteiger partial charge in [0.05, 0.1) is 12.1 Å². The molecule has 3 heterocycles.